The summed E-state index contributed by atoms with van der Waals surface area (Å²) in [5.74, 6) is 0. The van der Waals surface area contributed by atoms with E-state index in [0.29, 0.717) is 0 Å². The van der Waals surface area contributed by atoms with Crippen molar-refractivity contribution < 1.29 is 0 Å². The molecular formula is C35H32S2. The highest BCUT2D eigenvalue weighted by molar-refractivity contribution is 7.19. The van der Waals surface area contributed by atoms with Crippen LogP contribution in [0.5, 0.6) is 0 Å². The van der Waals surface area contributed by atoms with Crippen molar-refractivity contribution in [3.63, 3.8) is 0 Å². The highest BCUT2D eigenvalue weighted by Gasteiger charge is 2.25. The van der Waals surface area contributed by atoms with Crippen molar-refractivity contribution in [1.82, 2.24) is 0 Å². The summed E-state index contributed by atoms with van der Waals surface area (Å²) in [5.41, 5.74) is 11.2. The first-order valence-corrected chi connectivity index (χ1v) is 14.8. The lowest BCUT2D eigenvalue weighted by Gasteiger charge is -2.10. The van der Waals surface area contributed by atoms with Gasteiger partial charge in [-0.1, -0.05) is 72.8 Å². The second-order valence-corrected chi connectivity index (χ2v) is 12.6. The Morgan fingerprint density at radius 1 is 0.595 bits per heavy atom. The second-order valence-electron chi connectivity index (χ2n) is 10.1. The first kappa shape index (κ1) is 24.2. The molecule has 0 N–H and O–H groups in total. The third-order valence-corrected chi connectivity index (χ3v) is 9.63. The minimum absolute atomic E-state index is 1.18. The zero-order valence-corrected chi connectivity index (χ0v) is 23.7. The van der Waals surface area contributed by atoms with Gasteiger partial charge in [0.1, 0.15) is 0 Å². The molecule has 0 amide bonds. The van der Waals surface area contributed by atoms with Crippen molar-refractivity contribution in [2.24, 2.45) is 0 Å². The lowest BCUT2D eigenvalue weighted by Crippen LogP contribution is -1.88. The molecule has 0 atom stereocenters. The van der Waals surface area contributed by atoms with E-state index in [2.05, 4.69) is 113 Å². The third kappa shape index (κ3) is 4.54. The van der Waals surface area contributed by atoms with E-state index in [-0.39, 0.29) is 0 Å². The predicted molar refractivity (Wildman–Crippen MR) is 169 cm³/mol. The van der Waals surface area contributed by atoms with Gasteiger partial charge in [0.15, 0.2) is 0 Å². The lowest BCUT2D eigenvalue weighted by atomic mass is 9.93. The van der Waals surface area contributed by atoms with Gasteiger partial charge in [0.2, 0.25) is 0 Å². The van der Waals surface area contributed by atoms with Gasteiger partial charge in [-0.2, -0.15) is 0 Å². The number of allylic oxidation sites excluding steroid dienone is 3. The Morgan fingerprint density at radius 2 is 1.11 bits per heavy atom. The summed E-state index contributed by atoms with van der Waals surface area (Å²) < 4.78 is 2.81. The Labute approximate surface area is 228 Å². The molecule has 37 heavy (non-hydrogen) atoms. The zero-order chi connectivity index (χ0) is 25.5. The van der Waals surface area contributed by atoms with Gasteiger partial charge in [0.05, 0.1) is 0 Å². The zero-order valence-electron chi connectivity index (χ0n) is 22.0. The maximum absolute atomic E-state index is 2.37. The van der Waals surface area contributed by atoms with Crippen LogP contribution in [-0.2, 0) is 0 Å². The normalized spacial score (nSPS) is 14.4. The van der Waals surface area contributed by atoms with Crippen molar-refractivity contribution in [3.05, 3.63) is 110 Å². The molecule has 2 heteroatoms. The predicted octanol–water partition coefficient (Wildman–Crippen LogP) is 11.3. The van der Waals surface area contributed by atoms with Gasteiger partial charge in [0, 0.05) is 29.9 Å². The molecule has 2 aromatic heterocycles. The molecule has 0 fully saturated rings. The van der Waals surface area contributed by atoms with Crippen molar-refractivity contribution in [2.75, 3.05) is 0 Å². The molecule has 0 saturated heterocycles. The minimum Gasteiger partial charge on any atom is -0.140 e. The number of rotatable bonds is 5. The average molecular weight is 517 g/mol. The second kappa shape index (κ2) is 9.93. The molecule has 1 aliphatic carbocycles. The highest BCUT2D eigenvalue weighted by Crippen LogP contribution is 2.49. The molecule has 0 unspecified atom stereocenters. The first-order valence-electron chi connectivity index (χ1n) is 13.2. The Hall–Kier alpha value is -3.20. The summed E-state index contributed by atoms with van der Waals surface area (Å²) in [4.78, 5) is 2.90. The molecule has 0 radical (unpaired) electrons. The van der Waals surface area contributed by atoms with Crippen LogP contribution in [0.15, 0.2) is 66.7 Å². The molecule has 0 aliphatic heterocycles. The maximum atomic E-state index is 2.37. The van der Waals surface area contributed by atoms with E-state index in [4.69, 9.17) is 0 Å². The Bertz CT molecular complexity index is 1720. The van der Waals surface area contributed by atoms with Gasteiger partial charge >= 0.3 is 0 Å². The fourth-order valence-electron chi connectivity index (χ4n) is 5.81. The number of hydrogen-bond acceptors (Lipinski definition) is 2. The molecule has 3 aromatic carbocycles. The standard InChI is InChI=1S/C35H32S2/c1-5-7-25-11-13-26(14-12-25)15-16-27-17-19-31-33(21-27)37-24(4)35(31)29-9-6-8-28(29)34-23(3)36-32-20-22(2)10-18-30(32)34/h5,7,10-21H,6,8-9H2,1-4H3/b7-5+,16-15+. The van der Waals surface area contributed by atoms with Crippen molar-refractivity contribution in [1.29, 1.82) is 0 Å². The van der Waals surface area contributed by atoms with Crippen molar-refractivity contribution >= 4 is 72.2 Å². The minimum atomic E-state index is 1.18. The topological polar surface area (TPSA) is 0 Å². The largest absolute Gasteiger partial charge is 0.140 e. The summed E-state index contributed by atoms with van der Waals surface area (Å²) in [7, 11) is 0. The summed E-state index contributed by atoms with van der Waals surface area (Å²) >= 11 is 3.90. The summed E-state index contributed by atoms with van der Waals surface area (Å²) in [6, 6.07) is 22.7. The number of benzene rings is 3. The molecule has 6 rings (SSSR count). The quantitative estimate of drug-likeness (QED) is 0.204. The lowest BCUT2D eigenvalue weighted by molar-refractivity contribution is 0.942. The molecule has 0 saturated carbocycles. The van der Waals surface area contributed by atoms with Gasteiger partial charge in [-0.25, -0.2) is 0 Å². The van der Waals surface area contributed by atoms with Gasteiger partial charge < -0.3 is 0 Å². The van der Waals surface area contributed by atoms with E-state index in [1.807, 2.05) is 22.7 Å². The molecule has 0 bridgehead atoms. The van der Waals surface area contributed by atoms with Crippen LogP contribution >= 0.6 is 22.7 Å². The van der Waals surface area contributed by atoms with Crippen LogP contribution in [0.4, 0.5) is 0 Å². The highest BCUT2D eigenvalue weighted by atomic mass is 32.1. The Balaban J connectivity index is 1.39. The van der Waals surface area contributed by atoms with Crippen molar-refractivity contribution in [2.45, 2.75) is 47.0 Å². The van der Waals surface area contributed by atoms with Gasteiger partial charge in [-0.15, -0.1) is 22.7 Å². The monoisotopic (exact) mass is 516 g/mol. The van der Waals surface area contributed by atoms with Crippen LogP contribution in [-0.4, -0.2) is 0 Å². The van der Waals surface area contributed by atoms with E-state index < -0.39 is 0 Å². The van der Waals surface area contributed by atoms with Crippen LogP contribution in [0.25, 0.3) is 49.5 Å². The van der Waals surface area contributed by atoms with Crippen LogP contribution < -0.4 is 0 Å². The van der Waals surface area contributed by atoms with Gasteiger partial charge in [-0.3, -0.25) is 0 Å². The number of aryl methyl sites for hydroxylation is 3. The van der Waals surface area contributed by atoms with E-state index in [1.165, 1.54) is 82.6 Å². The van der Waals surface area contributed by atoms with E-state index >= 15 is 0 Å². The van der Waals surface area contributed by atoms with Gasteiger partial charge in [-0.05, 0) is 104 Å². The first-order chi connectivity index (χ1) is 18.0. The number of hydrogen-bond donors (Lipinski definition) is 0. The van der Waals surface area contributed by atoms with E-state index in [9.17, 15) is 0 Å². The summed E-state index contributed by atoms with van der Waals surface area (Å²) in [6.07, 6.45) is 12.3. The van der Waals surface area contributed by atoms with Crippen LogP contribution in [0, 0.1) is 20.8 Å². The van der Waals surface area contributed by atoms with E-state index in [0.717, 1.165) is 0 Å². The molecule has 5 aromatic rings. The third-order valence-electron chi connectivity index (χ3n) is 7.50. The van der Waals surface area contributed by atoms with E-state index in [1.54, 1.807) is 11.1 Å². The SMILES string of the molecule is C/C=C/c1ccc(/C=C/c2ccc3c(C4=C(c5c(C)sc6cc(C)ccc56)CCC4)c(C)sc3c2)cc1. The number of fused-ring (bicyclic) bond motifs is 2. The summed E-state index contributed by atoms with van der Waals surface area (Å²) in [5, 5.41) is 2.85. The van der Waals surface area contributed by atoms with Crippen LogP contribution in [0.2, 0.25) is 0 Å². The molecule has 0 nitrogen and oxygen atoms in total. The maximum Gasteiger partial charge on any atom is 0.0357 e. The fourth-order valence-corrected chi connectivity index (χ4v) is 8.14. The molecule has 1 aliphatic rings. The molecular weight excluding hydrogens is 485 g/mol. The van der Waals surface area contributed by atoms with Crippen LogP contribution in [0.1, 0.15) is 69.3 Å². The molecule has 184 valence electrons. The average Bonchev–Trinajstić information content (AvgIpc) is 3.56. The van der Waals surface area contributed by atoms with Gasteiger partial charge in [0.25, 0.3) is 0 Å². The van der Waals surface area contributed by atoms with Crippen molar-refractivity contribution in [3.8, 4) is 0 Å². The summed E-state index contributed by atoms with van der Waals surface area (Å²) in [6.45, 7) is 8.87. The number of thiophene rings is 2. The molecule has 2 heterocycles. The molecule has 0 spiro atoms. The van der Waals surface area contributed by atoms with Crippen LogP contribution in [0.3, 0.4) is 0 Å². The smallest absolute Gasteiger partial charge is 0.0357 e. The Kier molecular flexibility index (Phi) is 6.48. The Morgan fingerprint density at radius 3 is 1.73 bits per heavy atom. The fraction of sp³-hybridized carbons (Fsp3) is 0.200.